The molecular weight excluding hydrogens is 298 g/mol. The molecule has 1 aliphatic rings. The van der Waals surface area contributed by atoms with E-state index < -0.39 is 5.97 Å². The summed E-state index contributed by atoms with van der Waals surface area (Å²) in [5.74, 6) is 0.935. The molecule has 0 aromatic carbocycles. The van der Waals surface area contributed by atoms with E-state index in [1.165, 1.54) is 0 Å². The van der Waals surface area contributed by atoms with Crippen molar-refractivity contribution in [2.75, 3.05) is 13.1 Å². The number of piperidine rings is 1. The third-order valence-electron chi connectivity index (χ3n) is 4.12. The Kier molecular flexibility index (Phi) is 6.12. The number of amides is 1. The van der Waals surface area contributed by atoms with E-state index in [-0.39, 0.29) is 24.2 Å². The van der Waals surface area contributed by atoms with Crippen LogP contribution in [0.5, 0.6) is 0 Å². The van der Waals surface area contributed by atoms with Gasteiger partial charge >= 0.3 is 5.97 Å². The highest BCUT2D eigenvalue weighted by Gasteiger charge is 2.28. The van der Waals surface area contributed by atoms with Gasteiger partial charge in [-0.3, -0.25) is 9.59 Å². The number of aliphatic carboxylic acids is 1. The van der Waals surface area contributed by atoms with Crippen LogP contribution in [0.1, 0.15) is 75.9 Å². The Bertz CT molecular complexity index is 541. The molecule has 1 aromatic heterocycles. The second kappa shape index (κ2) is 8.08. The van der Waals surface area contributed by atoms with Crippen molar-refractivity contribution in [2.24, 2.45) is 0 Å². The van der Waals surface area contributed by atoms with E-state index in [1.54, 1.807) is 0 Å². The fraction of sp³-hybridized carbons (Fsp3) is 0.750. The molecule has 0 aliphatic carbocycles. The number of carbonyl (C=O) groups is 2. The molecule has 0 radical (unpaired) electrons. The zero-order valence-corrected chi connectivity index (χ0v) is 13.8. The number of hydrogen-bond donors (Lipinski definition) is 1. The normalized spacial score (nSPS) is 18.4. The lowest BCUT2D eigenvalue weighted by Gasteiger charge is -2.31. The summed E-state index contributed by atoms with van der Waals surface area (Å²) in [4.78, 5) is 29.0. The van der Waals surface area contributed by atoms with Gasteiger partial charge < -0.3 is 14.5 Å². The Morgan fingerprint density at radius 2 is 2.09 bits per heavy atom. The van der Waals surface area contributed by atoms with Gasteiger partial charge in [-0.15, -0.1) is 0 Å². The van der Waals surface area contributed by atoms with E-state index in [2.05, 4.69) is 10.1 Å². The minimum atomic E-state index is -0.812. The van der Waals surface area contributed by atoms with Crippen LogP contribution in [0.2, 0.25) is 0 Å². The molecule has 1 aromatic rings. The Labute approximate surface area is 136 Å². The van der Waals surface area contributed by atoms with Gasteiger partial charge in [0.05, 0.1) is 0 Å². The molecule has 1 fully saturated rings. The molecule has 7 heteroatoms. The van der Waals surface area contributed by atoms with Crippen LogP contribution < -0.4 is 0 Å². The molecule has 1 N–H and O–H groups in total. The molecule has 1 aliphatic heterocycles. The highest BCUT2D eigenvalue weighted by molar-refractivity contribution is 5.76. The number of nitrogens with zero attached hydrogens (tertiary/aromatic N) is 3. The van der Waals surface area contributed by atoms with Crippen LogP contribution in [-0.2, 0) is 9.59 Å². The number of aromatic nitrogens is 2. The van der Waals surface area contributed by atoms with E-state index >= 15 is 0 Å². The number of carbonyl (C=O) groups excluding carboxylic acids is 1. The van der Waals surface area contributed by atoms with Crippen molar-refractivity contribution in [1.82, 2.24) is 15.0 Å². The first-order valence-corrected chi connectivity index (χ1v) is 8.30. The molecule has 0 saturated carbocycles. The molecule has 1 atom stereocenters. The standard InChI is InChI=1S/C16H25N3O4/c1-11(2)16-17-15(18-23-16)12-6-5-9-19(10-12)13(20)7-3-4-8-14(21)22/h11-12H,3-10H2,1-2H3,(H,21,22). The summed E-state index contributed by atoms with van der Waals surface area (Å²) >= 11 is 0. The lowest BCUT2D eigenvalue weighted by atomic mass is 9.97. The zero-order chi connectivity index (χ0) is 16.8. The van der Waals surface area contributed by atoms with Crippen molar-refractivity contribution < 1.29 is 19.2 Å². The van der Waals surface area contributed by atoms with Crippen LogP contribution in [0.15, 0.2) is 4.52 Å². The average Bonchev–Trinajstić information content (AvgIpc) is 3.01. The lowest BCUT2D eigenvalue weighted by molar-refractivity contribution is -0.137. The average molecular weight is 323 g/mol. The Hall–Kier alpha value is -1.92. The Morgan fingerprint density at radius 3 is 2.74 bits per heavy atom. The molecular formula is C16H25N3O4. The summed E-state index contributed by atoms with van der Waals surface area (Å²) in [6.07, 6.45) is 3.57. The lowest BCUT2D eigenvalue weighted by Crippen LogP contribution is -2.39. The number of likely N-dealkylation sites (tertiary alicyclic amines) is 1. The first-order valence-electron chi connectivity index (χ1n) is 8.30. The summed E-state index contributed by atoms with van der Waals surface area (Å²) in [7, 11) is 0. The van der Waals surface area contributed by atoms with Gasteiger partial charge in [0.25, 0.3) is 0 Å². The minimum absolute atomic E-state index is 0.0904. The zero-order valence-electron chi connectivity index (χ0n) is 13.8. The van der Waals surface area contributed by atoms with Crippen molar-refractivity contribution >= 4 is 11.9 Å². The topological polar surface area (TPSA) is 96.5 Å². The molecule has 0 spiro atoms. The molecule has 128 valence electrons. The van der Waals surface area contributed by atoms with Crippen LogP contribution in [0.3, 0.4) is 0 Å². The maximum absolute atomic E-state index is 12.2. The third kappa shape index (κ3) is 5.04. The van der Waals surface area contributed by atoms with Crippen molar-refractivity contribution in [3.05, 3.63) is 11.7 Å². The number of rotatable bonds is 7. The SMILES string of the molecule is CC(C)c1nc(C2CCCN(C(=O)CCCCC(=O)O)C2)no1. The fourth-order valence-electron chi connectivity index (χ4n) is 2.77. The summed E-state index contributed by atoms with van der Waals surface area (Å²) in [5.41, 5.74) is 0. The number of unbranched alkanes of at least 4 members (excludes halogenated alkanes) is 1. The third-order valence-corrected chi connectivity index (χ3v) is 4.12. The summed E-state index contributed by atoms with van der Waals surface area (Å²) < 4.78 is 5.26. The molecule has 23 heavy (non-hydrogen) atoms. The fourth-order valence-corrected chi connectivity index (χ4v) is 2.77. The first-order chi connectivity index (χ1) is 11.0. The van der Waals surface area contributed by atoms with E-state index in [1.807, 2.05) is 18.7 Å². The maximum Gasteiger partial charge on any atom is 0.303 e. The van der Waals surface area contributed by atoms with Crippen molar-refractivity contribution in [1.29, 1.82) is 0 Å². The van der Waals surface area contributed by atoms with Crippen LogP contribution in [-0.4, -0.2) is 45.1 Å². The highest BCUT2D eigenvalue weighted by atomic mass is 16.5. The van der Waals surface area contributed by atoms with E-state index in [0.717, 1.165) is 19.4 Å². The second-order valence-electron chi connectivity index (χ2n) is 6.43. The van der Waals surface area contributed by atoms with Crippen LogP contribution >= 0.6 is 0 Å². The number of hydrogen-bond acceptors (Lipinski definition) is 5. The van der Waals surface area contributed by atoms with Crippen LogP contribution in [0, 0.1) is 0 Å². The van der Waals surface area contributed by atoms with E-state index in [9.17, 15) is 9.59 Å². The van der Waals surface area contributed by atoms with Gasteiger partial charge in [-0.05, 0) is 25.7 Å². The van der Waals surface area contributed by atoms with E-state index in [0.29, 0.717) is 37.5 Å². The van der Waals surface area contributed by atoms with Crippen molar-refractivity contribution in [3.63, 3.8) is 0 Å². The summed E-state index contributed by atoms with van der Waals surface area (Å²) in [6.45, 7) is 5.38. The quantitative estimate of drug-likeness (QED) is 0.775. The van der Waals surface area contributed by atoms with Gasteiger partial charge in [-0.2, -0.15) is 4.98 Å². The van der Waals surface area contributed by atoms with Crippen molar-refractivity contribution in [3.8, 4) is 0 Å². The van der Waals surface area contributed by atoms with Crippen LogP contribution in [0.25, 0.3) is 0 Å². The number of carboxylic acid groups (broad SMARTS) is 1. The molecule has 1 saturated heterocycles. The molecule has 2 heterocycles. The monoisotopic (exact) mass is 323 g/mol. The van der Waals surface area contributed by atoms with Gasteiger partial charge in [0.1, 0.15) is 0 Å². The predicted molar refractivity (Wildman–Crippen MR) is 83.0 cm³/mol. The van der Waals surface area contributed by atoms with Gasteiger partial charge in [0.2, 0.25) is 11.8 Å². The summed E-state index contributed by atoms with van der Waals surface area (Å²) in [6, 6.07) is 0. The molecule has 7 nitrogen and oxygen atoms in total. The second-order valence-corrected chi connectivity index (χ2v) is 6.43. The Balaban J connectivity index is 1.84. The van der Waals surface area contributed by atoms with Gasteiger partial charge in [0, 0.05) is 37.8 Å². The van der Waals surface area contributed by atoms with Crippen molar-refractivity contribution in [2.45, 2.75) is 64.2 Å². The van der Waals surface area contributed by atoms with Gasteiger partial charge in [-0.1, -0.05) is 19.0 Å². The largest absolute Gasteiger partial charge is 0.481 e. The smallest absolute Gasteiger partial charge is 0.303 e. The van der Waals surface area contributed by atoms with Gasteiger partial charge in [-0.25, -0.2) is 0 Å². The molecule has 2 rings (SSSR count). The maximum atomic E-state index is 12.2. The highest BCUT2D eigenvalue weighted by Crippen LogP contribution is 2.26. The van der Waals surface area contributed by atoms with Gasteiger partial charge in [0.15, 0.2) is 5.82 Å². The predicted octanol–water partition coefficient (Wildman–Crippen LogP) is 2.54. The van der Waals surface area contributed by atoms with Crippen LogP contribution in [0.4, 0.5) is 0 Å². The first kappa shape index (κ1) is 17.4. The minimum Gasteiger partial charge on any atom is -0.481 e. The Morgan fingerprint density at radius 1 is 1.35 bits per heavy atom. The summed E-state index contributed by atoms with van der Waals surface area (Å²) in [5, 5.41) is 12.7. The molecule has 1 unspecified atom stereocenters. The van der Waals surface area contributed by atoms with E-state index in [4.69, 9.17) is 9.63 Å². The number of carboxylic acids is 1. The molecule has 0 bridgehead atoms. The molecule has 1 amide bonds.